The highest BCUT2D eigenvalue weighted by Gasteiger charge is 2.26. The van der Waals surface area contributed by atoms with Crippen molar-refractivity contribution in [3.63, 3.8) is 0 Å². The summed E-state index contributed by atoms with van der Waals surface area (Å²) in [6.45, 7) is 3.58. The lowest BCUT2D eigenvalue weighted by molar-refractivity contribution is -0.139. The molecule has 0 saturated carbocycles. The third kappa shape index (κ3) is 5.45. The molecule has 0 unspecified atom stereocenters. The van der Waals surface area contributed by atoms with E-state index in [9.17, 15) is 14.7 Å². The zero-order valence-electron chi connectivity index (χ0n) is 18.6. The Morgan fingerprint density at radius 3 is 3.00 bits per heavy atom. The van der Waals surface area contributed by atoms with Gasteiger partial charge in [-0.25, -0.2) is 9.78 Å². The maximum atomic E-state index is 12.3. The highest BCUT2D eigenvalue weighted by molar-refractivity contribution is 5.95. The van der Waals surface area contributed by atoms with E-state index in [0.717, 1.165) is 56.8 Å². The third-order valence-corrected chi connectivity index (χ3v) is 6.52. The number of hydrogen-bond donors (Lipinski definition) is 3. The van der Waals surface area contributed by atoms with Crippen LogP contribution in [0.2, 0.25) is 0 Å². The van der Waals surface area contributed by atoms with Gasteiger partial charge in [0.15, 0.2) is 0 Å². The molecule has 0 radical (unpaired) electrons. The number of aromatic nitrogens is 3. The van der Waals surface area contributed by atoms with Gasteiger partial charge >= 0.3 is 5.97 Å². The zero-order chi connectivity index (χ0) is 22.5. The fraction of sp³-hybridized carbons (Fsp3) is 0.565. The summed E-state index contributed by atoms with van der Waals surface area (Å²) in [5.74, 6) is 0.217. The van der Waals surface area contributed by atoms with Crippen LogP contribution in [-0.4, -0.2) is 68.9 Å². The van der Waals surface area contributed by atoms with Crippen LogP contribution in [-0.2, 0) is 24.7 Å². The lowest BCUT2D eigenvalue weighted by Gasteiger charge is -2.20. The molecular weight excluding hydrogens is 408 g/mol. The number of carbonyl (C=O) groups excluding carboxylic acids is 1. The molecule has 2 atom stereocenters. The van der Waals surface area contributed by atoms with Crippen molar-refractivity contribution in [2.45, 2.75) is 44.6 Å². The van der Waals surface area contributed by atoms with Gasteiger partial charge in [-0.3, -0.25) is 9.48 Å². The number of fused-ring (bicyclic) bond motifs is 1. The summed E-state index contributed by atoms with van der Waals surface area (Å²) in [6, 6.07) is 5.02. The largest absolute Gasteiger partial charge is 0.480 e. The average molecular weight is 441 g/mol. The number of hydrogen-bond acceptors (Lipinski definition) is 6. The molecule has 2 aliphatic rings. The summed E-state index contributed by atoms with van der Waals surface area (Å²) < 4.78 is 1.44. The number of carboxylic acid groups (broad SMARTS) is 1. The first-order valence-corrected chi connectivity index (χ1v) is 11.5. The lowest BCUT2D eigenvalue weighted by atomic mass is 10.00. The predicted octanol–water partition coefficient (Wildman–Crippen LogP) is 1.70. The summed E-state index contributed by atoms with van der Waals surface area (Å²) in [6.07, 6.45) is 7.33. The van der Waals surface area contributed by atoms with Crippen molar-refractivity contribution in [3.8, 4) is 0 Å². The third-order valence-electron chi connectivity index (χ3n) is 6.52. The van der Waals surface area contributed by atoms with Crippen molar-refractivity contribution < 1.29 is 14.7 Å². The van der Waals surface area contributed by atoms with E-state index in [-0.39, 0.29) is 0 Å². The zero-order valence-corrected chi connectivity index (χ0v) is 18.6. The molecule has 0 spiro atoms. The molecule has 4 heterocycles. The number of nitrogens with one attached hydrogen (secondary N) is 2. The Labute approximate surface area is 188 Å². The minimum Gasteiger partial charge on any atom is -0.480 e. The van der Waals surface area contributed by atoms with Crippen molar-refractivity contribution >= 4 is 17.7 Å². The van der Waals surface area contributed by atoms with E-state index in [2.05, 4.69) is 32.8 Å². The molecule has 2 aromatic heterocycles. The molecular formula is C23H32N6O3. The van der Waals surface area contributed by atoms with Crippen LogP contribution in [0.25, 0.3) is 0 Å². The lowest BCUT2D eigenvalue weighted by Crippen LogP contribution is -2.43. The van der Waals surface area contributed by atoms with E-state index >= 15 is 0 Å². The summed E-state index contributed by atoms with van der Waals surface area (Å²) in [4.78, 5) is 31.1. The second kappa shape index (κ2) is 10.1. The van der Waals surface area contributed by atoms with Gasteiger partial charge in [0.1, 0.15) is 17.6 Å². The first kappa shape index (κ1) is 22.3. The molecule has 9 heteroatoms. The molecule has 2 aromatic rings. The number of rotatable bonds is 9. The number of pyridine rings is 1. The first-order valence-electron chi connectivity index (χ1n) is 11.5. The smallest absolute Gasteiger partial charge is 0.326 e. The molecule has 3 N–H and O–H groups in total. The minimum atomic E-state index is -1.01. The van der Waals surface area contributed by atoms with Gasteiger partial charge in [-0.15, -0.1) is 0 Å². The number of aliphatic carboxylic acids is 1. The van der Waals surface area contributed by atoms with Gasteiger partial charge in [0.25, 0.3) is 5.91 Å². The average Bonchev–Trinajstić information content (AvgIpc) is 3.43. The SMILES string of the molecule is Cn1nccc1C(=O)N[C@@H](CCN1CC[C@@H](CCc2ccc3c(n2)NCCC3)C1)C(=O)O. The Balaban J connectivity index is 1.22. The number of anilines is 1. The minimum absolute atomic E-state index is 0.350. The van der Waals surface area contributed by atoms with Crippen molar-refractivity contribution in [1.29, 1.82) is 0 Å². The highest BCUT2D eigenvalue weighted by atomic mass is 16.4. The normalized spacial score (nSPS) is 19.2. The molecule has 4 rings (SSSR count). The Morgan fingerprint density at radius 2 is 2.22 bits per heavy atom. The standard InChI is InChI=1S/C23H32N6O3/c1-28-20(8-12-25-28)22(30)27-19(23(31)32)10-14-29-13-9-16(15-29)4-6-18-7-5-17-3-2-11-24-21(17)26-18/h5,7-8,12,16,19H,2-4,6,9-11,13-15H2,1H3,(H,24,26)(H,27,30)(H,31,32)/t16-,19+/m1/s1. The second-order valence-corrected chi connectivity index (χ2v) is 8.83. The fourth-order valence-corrected chi connectivity index (χ4v) is 4.61. The van der Waals surface area contributed by atoms with Gasteiger partial charge in [-0.2, -0.15) is 5.10 Å². The Bertz CT molecular complexity index is 959. The molecule has 0 aliphatic carbocycles. The van der Waals surface area contributed by atoms with Crippen molar-refractivity contribution in [3.05, 3.63) is 41.3 Å². The van der Waals surface area contributed by atoms with E-state index in [1.54, 1.807) is 13.1 Å². The van der Waals surface area contributed by atoms with Gasteiger partial charge in [-0.05, 0) is 68.7 Å². The van der Waals surface area contributed by atoms with Crippen molar-refractivity contribution in [2.75, 3.05) is 31.5 Å². The van der Waals surface area contributed by atoms with Gasteiger partial charge in [0, 0.05) is 38.6 Å². The Kier molecular flexibility index (Phi) is 7.04. The molecule has 2 aliphatic heterocycles. The number of likely N-dealkylation sites (tertiary alicyclic amines) is 1. The second-order valence-electron chi connectivity index (χ2n) is 8.83. The molecule has 0 bridgehead atoms. The van der Waals surface area contributed by atoms with E-state index < -0.39 is 17.9 Å². The number of nitrogens with zero attached hydrogens (tertiary/aromatic N) is 4. The van der Waals surface area contributed by atoms with Crippen LogP contribution in [0.1, 0.15) is 47.4 Å². The summed E-state index contributed by atoms with van der Waals surface area (Å²) in [5, 5.41) is 19.5. The van der Waals surface area contributed by atoms with Crippen LogP contribution in [0.15, 0.2) is 24.4 Å². The van der Waals surface area contributed by atoms with Gasteiger partial charge in [-0.1, -0.05) is 6.07 Å². The maximum Gasteiger partial charge on any atom is 0.326 e. The Morgan fingerprint density at radius 1 is 1.34 bits per heavy atom. The number of carboxylic acids is 1. The topological polar surface area (TPSA) is 112 Å². The number of carbonyl (C=O) groups is 2. The van der Waals surface area contributed by atoms with Crippen LogP contribution in [0.4, 0.5) is 5.82 Å². The van der Waals surface area contributed by atoms with E-state index in [1.807, 2.05) is 0 Å². The summed E-state index contributed by atoms with van der Waals surface area (Å²) in [7, 11) is 1.66. The van der Waals surface area contributed by atoms with Gasteiger partial charge in [0.2, 0.25) is 0 Å². The molecule has 0 aromatic carbocycles. The summed E-state index contributed by atoms with van der Waals surface area (Å²) >= 11 is 0. The molecule has 9 nitrogen and oxygen atoms in total. The molecule has 1 amide bonds. The maximum absolute atomic E-state index is 12.3. The van der Waals surface area contributed by atoms with Crippen LogP contribution >= 0.6 is 0 Å². The van der Waals surface area contributed by atoms with E-state index in [4.69, 9.17) is 4.98 Å². The van der Waals surface area contributed by atoms with Crippen LogP contribution in [0.3, 0.4) is 0 Å². The van der Waals surface area contributed by atoms with E-state index in [0.29, 0.717) is 24.6 Å². The number of aryl methyl sites for hydroxylation is 3. The molecule has 1 fully saturated rings. The molecule has 1 saturated heterocycles. The van der Waals surface area contributed by atoms with Crippen LogP contribution < -0.4 is 10.6 Å². The first-order chi connectivity index (χ1) is 15.5. The van der Waals surface area contributed by atoms with Gasteiger partial charge in [0.05, 0.1) is 0 Å². The van der Waals surface area contributed by atoms with Crippen molar-refractivity contribution in [1.82, 2.24) is 25.0 Å². The van der Waals surface area contributed by atoms with Crippen LogP contribution in [0, 0.1) is 5.92 Å². The number of amides is 1. The fourth-order valence-electron chi connectivity index (χ4n) is 4.61. The van der Waals surface area contributed by atoms with E-state index in [1.165, 1.54) is 22.9 Å². The Hall–Kier alpha value is -2.94. The monoisotopic (exact) mass is 440 g/mol. The quantitative estimate of drug-likeness (QED) is 0.544. The van der Waals surface area contributed by atoms with Crippen molar-refractivity contribution in [2.24, 2.45) is 13.0 Å². The summed E-state index contributed by atoms with van der Waals surface area (Å²) in [5.41, 5.74) is 2.81. The predicted molar refractivity (Wildman–Crippen MR) is 121 cm³/mol. The van der Waals surface area contributed by atoms with Crippen LogP contribution in [0.5, 0.6) is 0 Å². The highest BCUT2D eigenvalue weighted by Crippen LogP contribution is 2.24. The molecule has 32 heavy (non-hydrogen) atoms. The molecule has 172 valence electrons. The van der Waals surface area contributed by atoms with Gasteiger partial charge < -0.3 is 20.6 Å².